The Balaban J connectivity index is 3.66. The van der Waals surface area contributed by atoms with Crippen LogP contribution in [0.3, 0.4) is 0 Å². The van der Waals surface area contributed by atoms with Crippen LogP contribution in [-0.2, 0) is 9.59 Å². The van der Waals surface area contributed by atoms with E-state index >= 15 is 0 Å². The zero-order chi connectivity index (χ0) is 32.8. The first-order valence-corrected chi connectivity index (χ1v) is 9.76. The van der Waals surface area contributed by atoms with E-state index in [-0.39, 0.29) is 0 Å². The maximum Gasteiger partial charge on any atom is 0.460 e. The molecule has 0 saturated heterocycles. The van der Waals surface area contributed by atoms with Gasteiger partial charge in [0, 0.05) is 37.4 Å². The molecule has 2 amide bonds. The van der Waals surface area contributed by atoms with Gasteiger partial charge in [0.1, 0.15) is 5.75 Å². The number of ether oxygens (including phenoxy) is 1. The molecule has 0 aliphatic carbocycles. The topological polar surface area (TPSA) is 67.4 Å². The van der Waals surface area contributed by atoms with Crippen LogP contribution in [0.5, 0.6) is 5.75 Å². The molecule has 5 nitrogen and oxygen atoms in total. The van der Waals surface area contributed by atoms with Crippen LogP contribution in [-0.4, -0.2) is 53.5 Å². The quantitative estimate of drug-likeness (QED) is 0.207. The minimum absolute atomic E-state index is 0.387. The number of benzene rings is 1. The Bertz CT molecular complexity index is 1170. The van der Waals surface area contributed by atoms with Crippen LogP contribution in [0.4, 0.5) is 86.0 Å². The van der Waals surface area contributed by atoms with Gasteiger partial charge < -0.3 is 15.4 Å². The molecule has 0 aromatic heterocycles. The summed E-state index contributed by atoms with van der Waals surface area (Å²) in [6, 6.07) is -2.07. The molecule has 41 heavy (non-hydrogen) atoms. The minimum Gasteiger partial charge on any atom is -0.429 e. The van der Waals surface area contributed by atoms with Crippen LogP contribution in [0.15, 0.2) is 30.0 Å². The molecule has 0 unspecified atom stereocenters. The molecule has 1 rings (SSSR count). The third kappa shape index (κ3) is 6.09. The zero-order valence-electron chi connectivity index (χ0n) is 19.4. The van der Waals surface area contributed by atoms with Gasteiger partial charge in [-0.3, -0.25) is 9.59 Å². The molecule has 0 spiro atoms. The van der Waals surface area contributed by atoms with Crippen LogP contribution in [0, 0.1) is 0 Å². The van der Waals surface area contributed by atoms with Crippen LogP contribution < -0.4 is 15.4 Å². The van der Waals surface area contributed by atoms with Gasteiger partial charge in [0.25, 0.3) is 0 Å². The lowest BCUT2D eigenvalue weighted by Gasteiger charge is -2.41. The summed E-state index contributed by atoms with van der Waals surface area (Å²) in [4.78, 5) is 22.3. The fourth-order valence-corrected chi connectivity index (χ4v) is 2.59. The van der Waals surface area contributed by atoms with Crippen molar-refractivity contribution < 1.29 is 89.0 Å². The Hall–Kier alpha value is -3.49. The second kappa shape index (κ2) is 10.7. The number of amides is 2. The van der Waals surface area contributed by atoms with Crippen LogP contribution in [0.25, 0.3) is 0 Å². The molecular weight excluding hydrogens is 627 g/mol. The van der Waals surface area contributed by atoms with Crippen molar-refractivity contribution >= 4 is 23.2 Å². The number of nitrogens with one attached hydrogen (secondary N) is 2. The third-order valence-electron chi connectivity index (χ3n) is 4.53. The van der Waals surface area contributed by atoms with Gasteiger partial charge in [0.15, 0.2) is 0 Å². The average Bonchev–Trinajstić information content (AvgIpc) is 2.75. The van der Waals surface area contributed by atoms with E-state index in [1.807, 2.05) is 10.6 Å². The summed E-state index contributed by atoms with van der Waals surface area (Å²) in [5, 5.41) is 3.85. The van der Waals surface area contributed by atoms with Gasteiger partial charge in [-0.05, 0) is 6.07 Å². The summed E-state index contributed by atoms with van der Waals surface area (Å²) >= 11 is 0. The molecule has 234 valence electrons. The molecule has 0 radical (unpaired) electrons. The first-order valence-electron chi connectivity index (χ1n) is 9.76. The molecule has 22 heteroatoms. The predicted octanol–water partition coefficient (Wildman–Crippen LogP) is 7.46. The van der Waals surface area contributed by atoms with Gasteiger partial charge >= 0.3 is 47.7 Å². The first-order chi connectivity index (χ1) is 18.0. The number of carbonyl (C=O) groups excluding carboxylic acids is 2. The van der Waals surface area contributed by atoms with E-state index in [1.165, 1.54) is 0 Å². The maximum absolute atomic E-state index is 14.0. The molecule has 0 heterocycles. The molecular formula is C19H11F17N2O3. The van der Waals surface area contributed by atoms with Gasteiger partial charge in [-0.15, -0.1) is 0 Å². The van der Waals surface area contributed by atoms with Crippen LogP contribution in [0.1, 0.15) is 13.8 Å². The first kappa shape index (κ1) is 35.5. The summed E-state index contributed by atoms with van der Waals surface area (Å²) < 4.78 is 230. The van der Waals surface area contributed by atoms with Crippen LogP contribution in [0.2, 0.25) is 0 Å². The van der Waals surface area contributed by atoms with E-state index in [0.717, 1.165) is 19.9 Å². The fraction of sp³-hybridized carbons (Fsp3) is 0.474. The van der Waals surface area contributed by atoms with E-state index in [2.05, 4.69) is 4.74 Å². The average molecular weight is 638 g/mol. The SMILES string of the molecule is CC(=O)Nc1cc(NC(C)=O)cc(OC(F)=C(F)C(F)(F)C(F)(F)C(F)(F)C(F)(F)C(F)(F)C(F)(F)C(F)(F)F)c1. The zero-order valence-corrected chi connectivity index (χ0v) is 19.4. The molecule has 1 aromatic carbocycles. The Morgan fingerprint density at radius 3 is 1.27 bits per heavy atom. The lowest BCUT2D eigenvalue weighted by atomic mass is 9.91. The fourth-order valence-electron chi connectivity index (χ4n) is 2.59. The number of alkyl halides is 15. The molecule has 0 atom stereocenters. The highest BCUT2D eigenvalue weighted by Gasteiger charge is 2.93. The Labute approximate surface area is 215 Å². The Kier molecular flexibility index (Phi) is 9.30. The molecule has 1 aromatic rings. The number of rotatable bonds is 10. The lowest BCUT2D eigenvalue weighted by Crippen LogP contribution is -2.72. The van der Waals surface area contributed by atoms with Crippen molar-refractivity contribution in [3.63, 3.8) is 0 Å². The van der Waals surface area contributed by atoms with Crippen molar-refractivity contribution in [1.82, 2.24) is 0 Å². The monoisotopic (exact) mass is 638 g/mol. The molecule has 0 aliphatic heterocycles. The van der Waals surface area contributed by atoms with Crippen molar-refractivity contribution in [2.75, 3.05) is 10.6 Å². The van der Waals surface area contributed by atoms with Crippen molar-refractivity contribution in [1.29, 1.82) is 0 Å². The van der Waals surface area contributed by atoms with Crippen LogP contribution >= 0.6 is 0 Å². The third-order valence-corrected chi connectivity index (χ3v) is 4.53. The highest BCUT2D eigenvalue weighted by molar-refractivity contribution is 5.92. The highest BCUT2D eigenvalue weighted by atomic mass is 19.4. The summed E-state index contributed by atoms with van der Waals surface area (Å²) in [6.07, 6.45) is -7.83. The standard InChI is InChI=1S/C19H11F17N2O3/c1-6(39)37-8-3-9(38-7(2)40)5-10(4-8)41-12(21)11(20)13(22,23)14(24,25)15(26,27)16(28,29)17(30,31)18(32,33)19(34,35)36/h3-5H,1-2H3,(H,37,39)(H,38,40). The number of anilines is 2. The Morgan fingerprint density at radius 1 is 0.585 bits per heavy atom. The van der Waals surface area contributed by atoms with E-state index in [0.29, 0.717) is 12.1 Å². The number of allylic oxidation sites excluding steroid dienone is 1. The number of hydrogen-bond donors (Lipinski definition) is 2. The van der Waals surface area contributed by atoms with Crippen molar-refractivity contribution in [2.24, 2.45) is 0 Å². The summed E-state index contributed by atoms with van der Waals surface area (Å²) in [7, 11) is 0. The van der Waals surface area contributed by atoms with Crippen molar-refractivity contribution in [3.05, 3.63) is 30.0 Å². The number of halogens is 17. The Morgan fingerprint density at radius 2 is 0.927 bits per heavy atom. The molecule has 0 aliphatic rings. The van der Waals surface area contributed by atoms with E-state index in [4.69, 9.17) is 0 Å². The smallest absolute Gasteiger partial charge is 0.429 e. The second-order valence-electron chi connectivity index (χ2n) is 7.74. The summed E-state index contributed by atoms with van der Waals surface area (Å²) in [5.41, 5.74) is -1.05. The normalized spacial score (nSPS) is 14.8. The van der Waals surface area contributed by atoms with Gasteiger partial charge in [-0.25, -0.2) is 0 Å². The largest absolute Gasteiger partial charge is 0.460 e. The minimum atomic E-state index is -8.70. The summed E-state index contributed by atoms with van der Waals surface area (Å²) in [5.74, 6) is -57.9. The number of hydrogen-bond acceptors (Lipinski definition) is 3. The van der Waals surface area contributed by atoms with E-state index in [1.54, 1.807) is 0 Å². The summed E-state index contributed by atoms with van der Waals surface area (Å²) in [6.45, 7) is 1.69. The lowest BCUT2D eigenvalue weighted by molar-refractivity contribution is -0.451. The highest BCUT2D eigenvalue weighted by Crippen LogP contribution is 2.63. The molecule has 0 bridgehead atoms. The molecule has 0 fully saturated rings. The second-order valence-corrected chi connectivity index (χ2v) is 7.74. The molecule has 2 N–H and O–H groups in total. The van der Waals surface area contributed by atoms with Gasteiger partial charge in [0.2, 0.25) is 17.6 Å². The van der Waals surface area contributed by atoms with Gasteiger partial charge in [0.05, 0.1) is 0 Å². The number of carbonyl (C=O) groups is 2. The van der Waals surface area contributed by atoms with Crippen molar-refractivity contribution in [3.8, 4) is 5.75 Å². The maximum atomic E-state index is 14.0. The van der Waals surface area contributed by atoms with Gasteiger partial charge in [-0.2, -0.15) is 74.6 Å². The van der Waals surface area contributed by atoms with E-state index < -0.39 is 82.5 Å². The van der Waals surface area contributed by atoms with Gasteiger partial charge in [-0.1, -0.05) is 0 Å². The predicted molar refractivity (Wildman–Crippen MR) is 101 cm³/mol. The molecule has 0 saturated carbocycles. The van der Waals surface area contributed by atoms with Crippen molar-refractivity contribution in [2.45, 2.75) is 55.6 Å². The van der Waals surface area contributed by atoms with E-state index in [9.17, 15) is 84.2 Å².